The summed E-state index contributed by atoms with van der Waals surface area (Å²) in [4.78, 5) is 0. The molecule has 2 nitrogen and oxygen atoms in total. The summed E-state index contributed by atoms with van der Waals surface area (Å²) in [5.41, 5.74) is 0.535. The van der Waals surface area contributed by atoms with Crippen molar-refractivity contribution in [2.45, 2.75) is 19.9 Å². The summed E-state index contributed by atoms with van der Waals surface area (Å²) in [6, 6.07) is 6.82. The van der Waals surface area contributed by atoms with Gasteiger partial charge in [-0.3, -0.25) is 0 Å². The van der Waals surface area contributed by atoms with E-state index in [1.54, 1.807) is 19.2 Å². The highest BCUT2D eigenvalue weighted by atomic mass is 19.1. The van der Waals surface area contributed by atoms with Gasteiger partial charge in [0.25, 0.3) is 0 Å². The molecule has 1 atom stereocenters. The second-order valence-corrected chi connectivity index (χ2v) is 3.93. The number of ether oxygens (including phenoxy) is 1. The van der Waals surface area contributed by atoms with Gasteiger partial charge in [-0.15, -0.1) is 0 Å². The average Bonchev–Trinajstić information content (AvgIpc) is 2.20. The maximum atomic E-state index is 13.4. The average molecular weight is 211 g/mol. The molecule has 0 saturated heterocycles. The van der Waals surface area contributed by atoms with Crippen LogP contribution in [0.3, 0.4) is 0 Å². The topological polar surface area (TPSA) is 21.3 Å². The number of anilines is 1. The van der Waals surface area contributed by atoms with Gasteiger partial charge in [0.2, 0.25) is 0 Å². The Bertz CT molecular complexity index is 301. The molecule has 1 unspecified atom stereocenters. The minimum Gasteiger partial charge on any atom is -0.383 e. The van der Waals surface area contributed by atoms with Crippen molar-refractivity contribution < 1.29 is 9.13 Å². The van der Waals surface area contributed by atoms with E-state index in [1.165, 1.54) is 6.07 Å². The maximum Gasteiger partial charge on any atom is 0.146 e. The highest BCUT2D eigenvalue weighted by Gasteiger charge is 2.14. The first-order valence-corrected chi connectivity index (χ1v) is 5.15. The molecule has 0 heterocycles. The van der Waals surface area contributed by atoms with Crippen LogP contribution in [0.25, 0.3) is 0 Å². The lowest BCUT2D eigenvalue weighted by Crippen LogP contribution is -2.30. The van der Waals surface area contributed by atoms with Crippen molar-refractivity contribution in [3.8, 4) is 0 Å². The zero-order chi connectivity index (χ0) is 11.3. The molecule has 0 radical (unpaired) electrons. The molecule has 0 aliphatic rings. The quantitative estimate of drug-likeness (QED) is 0.808. The number of para-hydroxylation sites is 1. The van der Waals surface area contributed by atoms with E-state index >= 15 is 0 Å². The lowest BCUT2D eigenvalue weighted by Gasteiger charge is -2.22. The molecule has 0 bridgehead atoms. The first-order valence-electron chi connectivity index (χ1n) is 5.15. The van der Waals surface area contributed by atoms with E-state index < -0.39 is 0 Å². The van der Waals surface area contributed by atoms with Crippen molar-refractivity contribution in [3.05, 3.63) is 30.1 Å². The predicted octanol–water partition coefficient (Wildman–Crippen LogP) is 2.91. The van der Waals surface area contributed by atoms with Crippen LogP contribution < -0.4 is 5.32 Å². The van der Waals surface area contributed by atoms with Crippen LogP contribution >= 0.6 is 0 Å². The van der Waals surface area contributed by atoms with Gasteiger partial charge >= 0.3 is 0 Å². The number of hydrogen-bond donors (Lipinski definition) is 1. The Balaban J connectivity index is 2.69. The monoisotopic (exact) mass is 211 g/mol. The molecule has 0 spiro atoms. The number of benzene rings is 1. The summed E-state index contributed by atoms with van der Waals surface area (Å²) in [5.74, 6) is 0.170. The largest absolute Gasteiger partial charge is 0.383 e. The number of methoxy groups -OCH3 is 1. The van der Waals surface area contributed by atoms with E-state index in [1.807, 2.05) is 6.07 Å². The lowest BCUT2D eigenvalue weighted by molar-refractivity contribution is 0.171. The third-order valence-corrected chi connectivity index (χ3v) is 2.37. The SMILES string of the molecule is COCC(Nc1ccccc1F)C(C)C. The van der Waals surface area contributed by atoms with Crippen LogP contribution in [0.4, 0.5) is 10.1 Å². The molecule has 0 fully saturated rings. The molecular weight excluding hydrogens is 193 g/mol. The van der Waals surface area contributed by atoms with E-state index in [0.717, 1.165) is 0 Å². The standard InChI is InChI=1S/C12H18FNO/c1-9(2)12(8-15-3)14-11-7-5-4-6-10(11)13/h4-7,9,12,14H,8H2,1-3H3. The van der Waals surface area contributed by atoms with Gasteiger partial charge in [0.15, 0.2) is 0 Å². The summed E-state index contributed by atoms with van der Waals surface area (Å²) >= 11 is 0. The van der Waals surface area contributed by atoms with Crippen molar-refractivity contribution in [2.24, 2.45) is 5.92 Å². The summed E-state index contributed by atoms with van der Waals surface area (Å²) < 4.78 is 18.4. The second kappa shape index (κ2) is 5.71. The van der Waals surface area contributed by atoms with Gasteiger partial charge in [0.1, 0.15) is 5.82 Å². The molecule has 0 aromatic heterocycles. The van der Waals surface area contributed by atoms with Crippen molar-refractivity contribution in [1.82, 2.24) is 0 Å². The molecule has 84 valence electrons. The Kier molecular flexibility index (Phi) is 4.56. The fraction of sp³-hybridized carbons (Fsp3) is 0.500. The maximum absolute atomic E-state index is 13.4. The van der Waals surface area contributed by atoms with Crippen LogP contribution in [0.1, 0.15) is 13.8 Å². The van der Waals surface area contributed by atoms with Crippen LogP contribution in [0.2, 0.25) is 0 Å². The molecule has 0 aliphatic carbocycles. The molecule has 0 saturated carbocycles. The molecular formula is C12H18FNO. The third-order valence-electron chi connectivity index (χ3n) is 2.37. The minimum atomic E-state index is -0.223. The molecule has 0 aliphatic heterocycles. The van der Waals surface area contributed by atoms with Gasteiger partial charge in [0, 0.05) is 7.11 Å². The summed E-state index contributed by atoms with van der Waals surface area (Å²) in [6.45, 7) is 4.74. The number of hydrogen-bond acceptors (Lipinski definition) is 2. The van der Waals surface area contributed by atoms with Crippen LogP contribution in [0, 0.1) is 11.7 Å². The number of halogens is 1. The van der Waals surface area contributed by atoms with Crippen molar-refractivity contribution in [3.63, 3.8) is 0 Å². The fourth-order valence-corrected chi connectivity index (χ4v) is 1.36. The molecule has 3 heteroatoms. The Labute approximate surface area is 90.4 Å². The molecule has 15 heavy (non-hydrogen) atoms. The van der Waals surface area contributed by atoms with Crippen LogP contribution in [0.5, 0.6) is 0 Å². The summed E-state index contributed by atoms with van der Waals surface area (Å²) in [7, 11) is 1.65. The first kappa shape index (κ1) is 12.0. The Morgan fingerprint density at radius 2 is 2.00 bits per heavy atom. The van der Waals surface area contributed by atoms with Gasteiger partial charge in [-0.2, -0.15) is 0 Å². The van der Waals surface area contributed by atoms with E-state index in [4.69, 9.17) is 4.74 Å². The number of rotatable bonds is 5. The van der Waals surface area contributed by atoms with Gasteiger partial charge in [-0.1, -0.05) is 26.0 Å². The summed E-state index contributed by atoms with van der Waals surface area (Å²) in [6.07, 6.45) is 0. The van der Waals surface area contributed by atoms with Crippen molar-refractivity contribution in [2.75, 3.05) is 19.0 Å². The zero-order valence-electron chi connectivity index (χ0n) is 9.46. The van der Waals surface area contributed by atoms with Gasteiger partial charge < -0.3 is 10.1 Å². The van der Waals surface area contributed by atoms with E-state index in [9.17, 15) is 4.39 Å². The van der Waals surface area contributed by atoms with Gasteiger partial charge in [-0.05, 0) is 18.1 Å². The van der Waals surface area contributed by atoms with Crippen molar-refractivity contribution in [1.29, 1.82) is 0 Å². The fourth-order valence-electron chi connectivity index (χ4n) is 1.36. The smallest absolute Gasteiger partial charge is 0.146 e. The first-order chi connectivity index (χ1) is 7.15. The molecule has 1 aromatic rings. The van der Waals surface area contributed by atoms with Crippen molar-refractivity contribution >= 4 is 5.69 Å². The summed E-state index contributed by atoms with van der Waals surface area (Å²) in [5, 5.41) is 3.15. The minimum absolute atomic E-state index is 0.131. The molecule has 1 aromatic carbocycles. The second-order valence-electron chi connectivity index (χ2n) is 3.93. The predicted molar refractivity (Wildman–Crippen MR) is 60.5 cm³/mol. The Morgan fingerprint density at radius 3 is 2.53 bits per heavy atom. The van der Waals surface area contributed by atoms with Gasteiger partial charge in [0.05, 0.1) is 18.3 Å². The molecule has 1 N–H and O–H groups in total. The van der Waals surface area contributed by atoms with Crippen LogP contribution in [-0.2, 0) is 4.74 Å². The van der Waals surface area contributed by atoms with Crippen LogP contribution in [-0.4, -0.2) is 19.8 Å². The normalized spacial score (nSPS) is 12.9. The van der Waals surface area contributed by atoms with Crippen LogP contribution in [0.15, 0.2) is 24.3 Å². The zero-order valence-corrected chi connectivity index (χ0v) is 9.46. The highest BCUT2D eigenvalue weighted by Crippen LogP contribution is 2.16. The van der Waals surface area contributed by atoms with E-state index in [-0.39, 0.29) is 11.9 Å². The Morgan fingerprint density at radius 1 is 1.33 bits per heavy atom. The van der Waals surface area contributed by atoms with E-state index in [0.29, 0.717) is 18.2 Å². The molecule has 1 rings (SSSR count). The van der Waals surface area contributed by atoms with E-state index in [2.05, 4.69) is 19.2 Å². The van der Waals surface area contributed by atoms with Gasteiger partial charge in [-0.25, -0.2) is 4.39 Å². The number of nitrogens with one attached hydrogen (secondary N) is 1. The lowest BCUT2D eigenvalue weighted by atomic mass is 10.1. The third kappa shape index (κ3) is 3.51. The molecule has 0 amide bonds. The Hall–Kier alpha value is -1.09. The highest BCUT2D eigenvalue weighted by molar-refractivity contribution is 5.45.